The Morgan fingerprint density at radius 1 is 1.07 bits per heavy atom. The first-order chi connectivity index (χ1) is 19.2. The monoisotopic (exact) mass is 570 g/mol. The van der Waals surface area contributed by atoms with E-state index in [1.807, 2.05) is 6.07 Å². The summed E-state index contributed by atoms with van der Waals surface area (Å²) in [7, 11) is -3.66. The lowest BCUT2D eigenvalue weighted by atomic mass is 10.1. The molecule has 10 nitrogen and oxygen atoms in total. The van der Waals surface area contributed by atoms with Crippen molar-refractivity contribution in [1.82, 2.24) is 19.5 Å². The number of benzene rings is 2. The van der Waals surface area contributed by atoms with Gasteiger partial charge in [0.15, 0.2) is 6.61 Å². The number of nitrogens with one attached hydrogen (secondary N) is 1. The van der Waals surface area contributed by atoms with Crippen LogP contribution in [0.2, 0.25) is 0 Å². The van der Waals surface area contributed by atoms with Crippen molar-refractivity contribution in [2.24, 2.45) is 0 Å². The molecule has 0 saturated carbocycles. The zero-order valence-corrected chi connectivity index (χ0v) is 22.8. The van der Waals surface area contributed by atoms with E-state index in [1.165, 1.54) is 45.6 Å². The summed E-state index contributed by atoms with van der Waals surface area (Å²) < 4.78 is 51.3. The maximum Gasteiger partial charge on any atom is 0.261 e. The van der Waals surface area contributed by atoms with Crippen molar-refractivity contribution in [3.63, 3.8) is 0 Å². The molecule has 0 unspecified atom stereocenters. The van der Waals surface area contributed by atoms with Crippen LogP contribution in [0.3, 0.4) is 0 Å². The maximum absolute atomic E-state index is 13.4. The van der Waals surface area contributed by atoms with E-state index < -0.39 is 40.3 Å². The van der Waals surface area contributed by atoms with Gasteiger partial charge in [0, 0.05) is 25.8 Å². The van der Waals surface area contributed by atoms with Crippen LogP contribution < -0.4 is 10.1 Å². The van der Waals surface area contributed by atoms with Crippen molar-refractivity contribution in [3.05, 3.63) is 90.0 Å². The van der Waals surface area contributed by atoms with Gasteiger partial charge in [-0.1, -0.05) is 18.2 Å². The number of nitrogens with zero attached hydrogens (tertiary/aromatic N) is 3. The van der Waals surface area contributed by atoms with Gasteiger partial charge in [-0.2, -0.15) is 4.31 Å². The normalized spacial score (nSPS) is 14.8. The van der Waals surface area contributed by atoms with E-state index in [9.17, 15) is 22.4 Å². The fourth-order valence-electron chi connectivity index (χ4n) is 4.07. The first-order valence-corrected chi connectivity index (χ1v) is 14.2. The summed E-state index contributed by atoms with van der Waals surface area (Å²) in [6.45, 7) is 2.71. The third-order valence-corrected chi connectivity index (χ3v) is 8.31. The Hall–Kier alpha value is -3.87. The maximum atomic E-state index is 13.4. The van der Waals surface area contributed by atoms with Crippen molar-refractivity contribution in [3.8, 4) is 5.75 Å². The fraction of sp³-hybridized carbons (Fsp3) is 0.321. The van der Waals surface area contributed by atoms with E-state index in [4.69, 9.17) is 9.47 Å². The van der Waals surface area contributed by atoms with Gasteiger partial charge in [0.1, 0.15) is 17.6 Å². The van der Waals surface area contributed by atoms with Crippen molar-refractivity contribution in [1.29, 1.82) is 0 Å². The Bertz CT molecular complexity index is 1380. The van der Waals surface area contributed by atoms with Gasteiger partial charge in [-0.3, -0.25) is 14.6 Å². The fourth-order valence-corrected chi connectivity index (χ4v) is 5.48. The third kappa shape index (κ3) is 7.62. The summed E-state index contributed by atoms with van der Waals surface area (Å²) >= 11 is 0. The first-order valence-electron chi connectivity index (χ1n) is 12.8. The second kappa shape index (κ2) is 13.5. The van der Waals surface area contributed by atoms with Crippen LogP contribution in [0.15, 0.2) is 77.8 Å². The zero-order valence-electron chi connectivity index (χ0n) is 22.0. The number of ether oxygens (including phenoxy) is 2. The molecule has 2 heterocycles. The van der Waals surface area contributed by atoms with Crippen LogP contribution in [0, 0.1) is 5.82 Å². The smallest absolute Gasteiger partial charge is 0.261 e. The molecule has 40 heavy (non-hydrogen) atoms. The Kier molecular flexibility index (Phi) is 9.80. The number of halogens is 1. The highest BCUT2D eigenvalue weighted by Gasteiger charge is 2.28. The summed E-state index contributed by atoms with van der Waals surface area (Å²) in [4.78, 5) is 31.8. The van der Waals surface area contributed by atoms with E-state index in [0.29, 0.717) is 30.2 Å². The standard InChI is InChI=1S/C28H31FN4O6S/c1-21(28(35)31-18-24-4-2-3-13-30-24)33(19-22-5-7-23(29)8-6-22)27(34)20-39-25-9-11-26(12-10-25)40(36,37)32-14-16-38-17-15-32/h2-13,21H,14-20H2,1H3,(H,31,35)/t21-/m0/s1. The number of morpholine rings is 1. The SMILES string of the molecule is C[C@@H](C(=O)NCc1ccccn1)N(Cc1ccc(F)cc1)C(=O)COc1ccc(S(=O)(=O)N2CCOCC2)cc1. The summed E-state index contributed by atoms with van der Waals surface area (Å²) in [5.74, 6) is -0.984. The van der Waals surface area contributed by atoms with Crippen molar-refractivity contribution in [2.75, 3.05) is 32.9 Å². The zero-order chi connectivity index (χ0) is 28.5. The molecule has 0 spiro atoms. The molecule has 212 valence electrons. The number of rotatable bonds is 11. The summed E-state index contributed by atoms with van der Waals surface area (Å²) in [5.41, 5.74) is 1.30. The van der Waals surface area contributed by atoms with Gasteiger partial charge in [-0.25, -0.2) is 12.8 Å². The minimum Gasteiger partial charge on any atom is -0.484 e. The van der Waals surface area contributed by atoms with Gasteiger partial charge >= 0.3 is 0 Å². The van der Waals surface area contributed by atoms with Crippen LogP contribution in [0.1, 0.15) is 18.2 Å². The molecule has 1 aromatic heterocycles. The molecule has 1 atom stereocenters. The second-order valence-electron chi connectivity index (χ2n) is 9.14. The highest BCUT2D eigenvalue weighted by molar-refractivity contribution is 7.89. The lowest BCUT2D eigenvalue weighted by Crippen LogP contribution is -2.48. The van der Waals surface area contributed by atoms with Crippen LogP contribution >= 0.6 is 0 Å². The molecular formula is C28H31FN4O6S. The molecule has 1 aliphatic heterocycles. The Balaban J connectivity index is 1.41. The summed E-state index contributed by atoms with van der Waals surface area (Å²) in [6.07, 6.45) is 1.62. The van der Waals surface area contributed by atoms with Gasteiger partial charge in [0.25, 0.3) is 5.91 Å². The van der Waals surface area contributed by atoms with E-state index in [2.05, 4.69) is 10.3 Å². The van der Waals surface area contributed by atoms with E-state index in [0.717, 1.165) is 0 Å². The highest BCUT2D eigenvalue weighted by atomic mass is 32.2. The number of carbonyl (C=O) groups excluding carboxylic acids is 2. The van der Waals surface area contributed by atoms with Gasteiger partial charge in [0.2, 0.25) is 15.9 Å². The Morgan fingerprint density at radius 3 is 2.42 bits per heavy atom. The summed E-state index contributed by atoms with van der Waals surface area (Å²) in [5, 5.41) is 2.79. The van der Waals surface area contributed by atoms with Gasteiger partial charge in [-0.15, -0.1) is 0 Å². The van der Waals surface area contributed by atoms with Crippen molar-refractivity contribution < 1.29 is 31.9 Å². The number of pyridine rings is 1. The highest BCUT2D eigenvalue weighted by Crippen LogP contribution is 2.21. The molecule has 1 saturated heterocycles. The minimum atomic E-state index is -3.66. The molecule has 0 aliphatic carbocycles. The van der Waals surface area contributed by atoms with Crippen LogP contribution in [0.4, 0.5) is 4.39 Å². The predicted octanol–water partition coefficient (Wildman–Crippen LogP) is 2.35. The Morgan fingerprint density at radius 2 is 1.77 bits per heavy atom. The van der Waals surface area contributed by atoms with E-state index in [1.54, 1.807) is 37.4 Å². The van der Waals surface area contributed by atoms with E-state index in [-0.39, 0.29) is 31.1 Å². The number of sulfonamides is 1. The van der Waals surface area contributed by atoms with Gasteiger partial charge in [-0.05, 0) is 61.0 Å². The van der Waals surface area contributed by atoms with Crippen LogP contribution in [-0.4, -0.2) is 73.4 Å². The quantitative estimate of drug-likeness (QED) is 0.376. The predicted molar refractivity (Wildman–Crippen MR) is 144 cm³/mol. The molecule has 1 fully saturated rings. The van der Waals surface area contributed by atoms with Crippen LogP contribution in [0.25, 0.3) is 0 Å². The molecule has 3 aromatic rings. The topological polar surface area (TPSA) is 118 Å². The van der Waals surface area contributed by atoms with E-state index >= 15 is 0 Å². The van der Waals surface area contributed by atoms with Crippen LogP contribution in [0.5, 0.6) is 5.75 Å². The lowest BCUT2D eigenvalue weighted by molar-refractivity contribution is -0.142. The number of carbonyl (C=O) groups is 2. The molecule has 2 aromatic carbocycles. The number of aromatic nitrogens is 1. The summed E-state index contributed by atoms with van der Waals surface area (Å²) in [6, 6.07) is 16.0. The van der Waals surface area contributed by atoms with Crippen molar-refractivity contribution in [2.45, 2.75) is 31.0 Å². The van der Waals surface area contributed by atoms with Crippen LogP contribution in [-0.2, 0) is 37.4 Å². The molecule has 0 radical (unpaired) electrons. The third-order valence-electron chi connectivity index (χ3n) is 6.40. The molecule has 4 rings (SSSR count). The Labute approximate surface area is 232 Å². The van der Waals surface area contributed by atoms with Gasteiger partial charge < -0.3 is 19.7 Å². The number of hydrogen-bond acceptors (Lipinski definition) is 7. The molecule has 1 N–H and O–H groups in total. The molecule has 2 amide bonds. The van der Waals surface area contributed by atoms with Crippen molar-refractivity contribution >= 4 is 21.8 Å². The minimum absolute atomic E-state index is 0.0530. The number of amides is 2. The first kappa shape index (κ1) is 29.1. The molecule has 0 bridgehead atoms. The largest absolute Gasteiger partial charge is 0.484 e. The average Bonchev–Trinajstić information content (AvgIpc) is 2.99. The molecule has 12 heteroatoms. The molecule has 1 aliphatic rings. The average molecular weight is 571 g/mol. The van der Waals surface area contributed by atoms with Gasteiger partial charge in [0.05, 0.1) is 30.3 Å². The lowest BCUT2D eigenvalue weighted by Gasteiger charge is -2.28. The number of hydrogen-bond donors (Lipinski definition) is 1. The second-order valence-corrected chi connectivity index (χ2v) is 11.1. The molecular weight excluding hydrogens is 539 g/mol.